The summed E-state index contributed by atoms with van der Waals surface area (Å²) in [7, 11) is 1.40. The molecule has 0 bridgehead atoms. The van der Waals surface area contributed by atoms with E-state index >= 15 is 0 Å². The lowest BCUT2D eigenvalue weighted by molar-refractivity contribution is -0.135. The van der Waals surface area contributed by atoms with Crippen LogP contribution in [0.4, 0.5) is 0 Å². The fourth-order valence-electron chi connectivity index (χ4n) is 5.37. The summed E-state index contributed by atoms with van der Waals surface area (Å²) in [5.41, 5.74) is 54.3. The maximum Gasteiger partial charge on any atom is 0.243 e. The van der Waals surface area contributed by atoms with Crippen LogP contribution in [0.15, 0.2) is 25.0 Å². The second-order valence-electron chi connectivity index (χ2n) is 13.4. The number of carbonyl (C=O) groups is 6. The molecule has 5 atom stereocenters. The van der Waals surface area contributed by atoms with E-state index in [0.717, 1.165) is 0 Å². The summed E-state index contributed by atoms with van der Waals surface area (Å²) in [6, 6.07) is -5.93. The smallest absolute Gasteiger partial charge is 0.243 e. The van der Waals surface area contributed by atoms with Crippen LogP contribution in [0.3, 0.4) is 0 Å². The van der Waals surface area contributed by atoms with E-state index in [1.807, 2.05) is 0 Å². The number of nitrogens with two attached hydrogens (primary N) is 10. The number of guanidine groups is 5. The van der Waals surface area contributed by atoms with Crippen LogP contribution in [0.5, 0.6) is 0 Å². The molecule has 6 amide bonds. The normalized spacial score (nSPS) is 12.9. The van der Waals surface area contributed by atoms with Gasteiger partial charge in [0.2, 0.25) is 35.4 Å². The standard InChI is InChI=1S/C33H67N21O6/c1-18(55)50-20(9-4-14-46-30(36)37)25(57)52-22(11-6-16-48-32(40)41)27(59)54-23(12-7-17-49-33(42)43)28(60)53-21(10-5-15-47-31(38)39)26(58)51-19(24(56)44-2)8-3-13-45-29(34)35/h19-23H,3-17H2,1-2H3,(H,44,56)(H,50,55)(H,51,58)(H,52,57)(H,53,60)(H,54,59)(H4,34,35,45)(H4,36,37,46)(H4,38,39,47)(H4,40,41,48)(H4,42,43,49)/t19-,20-,21-,22-,23-/m1/s1. The van der Waals surface area contributed by atoms with Crippen LogP contribution in [0.2, 0.25) is 0 Å². The van der Waals surface area contributed by atoms with Gasteiger partial charge in [-0.05, 0) is 64.2 Å². The molecule has 0 aliphatic rings. The number of carbonyl (C=O) groups excluding carboxylic acids is 6. The first-order valence-corrected chi connectivity index (χ1v) is 19.2. The van der Waals surface area contributed by atoms with Crippen LogP contribution in [0, 0.1) is 0 Å². The van der Waals surface area contributed by atoms with Gasteiger partial charge in [-0.3, -0.25) is 53.7 Å². The molecule has 0 heterocycles. The summed E-state index contributed by atoms with van der Waals surface area (Å²) in [5.74, 6) is -4.86. The molecule has 0 unspecified atom stereocenters. The van der Waals surface area contributed by atoms with Crippen LogP contribution in [-0.2, 0) is 28.8 Å². The Kier molecular flexibility index (Phi) is 26.8. The minimum atomic E-state index is -1.31. The summed E-state index contributed by atoms with van der Waals surface area (Å²) in [5, 5.41) is 15.7. The second kappa shape index (κ2) is 30.3. The Bertz CT molecular complexity index is 1530. The van der Waals surface area contributed by atoms with E-state index < -0.39 is 65.7 Å². The predicted molar refractivity (Wildman–Crippen MR) is 229 cm³/mol. The summed E-state index contributed by atoms with van der Waals surface area (Å²) >= 11 is 0. The van der Waals surface area contributed by atoms with Crippen molar-refractivity contribution in [3.63, 3.8) is 0 Å². The Morgan fingerprint density at radius 3 is 0.750 bits per heavy atom. The van der Waals surface area contributed by atoms with Crippen LogP contribution in [-0.4, -0.2) is 135 Å². The number of amides is 6. The molecule has 0 aromatic carbocycles. The molecule has 27 nitrogen and oxygen atoms in total. The van der Waals surface area contributed by atoms with E-state index in [2.05, 4.69) is 56.9 Å². The third-order valence-corrected chi connectivity index (χ3v) is 8.20. The average Bonchev–Trinajstić information content (AvgIpc) is 3.16. The second-order valence-corrected chi connectivity index (χ2v) is 13.4. The minimum Gasteiger partial charge on any atom is -0.370 e. The zero-order chi connectivity index (χ0) is 45.6. The monoisotopic (exact) mass is 854 g/mol. The van der Waals surface area contributed by atoms with Crippen molar-refractivity contribution in [3.8, 4) is 0 Å². The van der Waals surface area contributed by atoms with Gasteiger partial charge in [0.1, 0.15) is 30.2 Å². The van der Waals surface area contributed by atoms with Gasteiger partial charge in [0, 0.05) is 46.7 Å². The molecule has 0 saturated carbocycles. The zero-order valence-electron chi connectivity index (χ0n) is 34.5. The van der Waals surface area contributed by atoms with Crippen molar-refractivity contribution in [3.05, 3.63) is 0 Å². The lowest BCUT2D eigenvalue weighted by Gasteiger charge is -2.27. The van der Waals surface area contributed by atoms with E-state index in [-0.39, 0.29) is 114 Å². The lowest BCUT2D eigenvalue weighted by atomic mass is 10.0. The van der Waals surface area contributed by atoms with E-state index in [9.17, 15) is 28.8 Å². The molecule has 26 N–H and O–H groups in total. The van der Waals surface area contributed by atoms with Crippen LogP contribution in [0.1, 0.15) is 71.1 Å². The number of nitrogens with zero attached hydrogens (tertiary/aromatic N) is 5. The van der Waals surface area contributed by atoms with Crippen LogP contribution in [0.25, 0.3) is 0 Å². The number of rotatable bonds is 30. The Labute approximate surface area is 349 Å². The van der Waals surface area contributed by atoms with Crippen molar-refractivity contribution in [1.29, 1.82) is 0 Å². The average molecular weight is 854 g/mol. The molecular formula is C33H67N21O6. The van der Waals surface area contributed by atoms with Crippen molar-refractivity contribution in [2.24, 2.45) is 82.3 Å². The highest BCUT2D eigenvalue weighted by Crippen LogP contribution is 2.09. The molecule has 0 aromatic heterocycles. The van der Waals surface area contributed by atoms with E-state index in [1.54, 1.807) is 0 Å². The maximum atomic E-state index is 14.0. The first-order valence-electron chi connectivity index (χ1n) is 19.2. The molecule has 0 fully saturated rings. The van der Waals surface area contributed by atoms with Gasteiger partial charge < -0.3 is 89.2 Å². The van der Waals surface area contributed by atoms with Crippen LogP contribution >= 0.6 is 0 Å². The van der Waals surface area contributed by atoms with Gasteiger partial charge in [-0.2, -0.15) is 0 Å². The molecule has 0 spiro atoms. The van der Waals surface area contributed by atoms with Gasteiger partial charge in [0.25, 0.3) is 0 Å². The maximum absolute atomic E-state index is 14.0. The van der Waals surface area contributed by atoms with E-state index in [4.69, 9.17) is 57.3 Å². The van der Waals surface area contributed by atoms with E-state index in [0.29, 0.717) is 12.8 Å². The van der Waals surface area contributed by atoms with E-state index in [1.165, 1.54) is 14.0 Å². The molecule has 0 radical (unpaired) electrons. The highest BCUT2D eigenvalue weighted by atomic mass is 16.2. The molecular weight excluding hydrogens is 787 g/mol. The van der Waals surface area contributed by atoms with Gasteiger partial charge in [-0.25, -0.2) is 0 Å². The number of likely N-dealkylation sites (N-methyl/N-ethyl adjacent to an activating group) is 1. The highest BCUT2D eigenvalue weighted by molar-refractivity contribution is 5.96. The highest BCUT2D eigenvalue weighted by Gasteiger charge is 2.32. The Balaban J connectivity index is 6.62. The number of hydrogen-bond donors (Lipinski definition) is 16. The van der Waals surface area contributed by atoms with Gasteiger partial charge in [0.05, 0.1) is 0 Å². The number of aliphatic imine (C=N–C) groups is 5. The quantitative estimate of drug-likeness (QED) is 0.0181. The third-order valence-electron chi connectivity index (χ3n) is 8.20. The number of nitrogens with one attached hydrogen (secondary N) is 6. The largest absolute Gasteiger partial charge is 0.370 e. The molecule has 0 aliphatic heterocycles. The van der Waals surface area contributed by atoms with Crippen LogP contribution < -0.4 is 89.2 Å². The summed E-state index contributed by atoms with van der Waals surface area (Å²) in [6.07, 6.45) is 1.49. The van der Waals surface area contributed by atoms with Crippen molar-refractivity contribution in [1.82, 2.24) is 31.9 Å². The lowest BCUT2D eigenvalue weighted by Crippen LogP contribution is -2.59. The Morgan fingerprint density at radius 1 is 0.367 bits per heavy atom. The summed E-state index contributed by atoms with van der Waals surface area (Å²) < 4.78 is 0. The Hall–Kier alpha value is -6.83. The molecule has 0 aliphatic carbocycles. The SMILES string of the molecule is CNC(=O)[C@@H](CCCN=C(N)N)NC(=O)[C@@H](CCCN=C(N)N)NC(=O)[C@@H](CCCN=C(N)N)NC(=O)[C@@H](CCCN=C(N)N)NC(=O)[C@@H](CCCN=C(N)N)NC(C)=O. The Morgan fingerprint density at radius 2 is 0.567 bits per heavy atom. The predicted octanol–water partition coefficient (Wildman–Crippen LogP) is -7.56. The van der Waals surface area contributed by atoms with Gasteiger partial charge >= 0.3 is 0 Å². The van der Waals surface area contributed by atoms with Crippen molar-refractivity contribution in [2.45, 2.75) is 101 Å². The fourth-order valence-corrected chi connectivity index (χ4v) is 5.37. The fraction of sp³-hybridized carbons (Fsp3) is 0.667. The van der Waals surface area contributed by atoms with Gasteiger partial charge in [-0.15, -0.1) is 0 Å². The minimum absolute atomic E-state index is 0.00261. The van der Waals surface area contributed by atoms with Crippen molar-refractivity contribution >= 4 is 65.2 Å². The first-order chi connectivity index (χ1) is 28.3. The first kappa shape index (κ1) is 53.2. The topological polar surface area (TPSA) is 497 Å². The van der Waals surface area contributed by atoms with Gasteiger partial charge in [-0.1, -0.05) is 0 Å². The van der Waals surface area contributed by atoms with Crippen molar-refractivity contribution in [2.75, 3.05) is 39.8 Å². The molecule has 0 saturated heterocycles. The molecule has 0 aromatic rings. The summed E-state index contributed by atoms with van der Waals surface area (Å²) in [6.45, 7) is 1.87. The summed E-state index contributed by atoms with van der Waals surface area (Å²) in [4.78, 5) is 99.5. The molecule has 60 heavy (non-hydrogen) atoms. The zero-order valence-corrected chi connectivity index (χ0v) is 34.5. The molecule has 27 heteroatoms. The number of hydrogen-bond acceptors (Lipinski definition) is 11. The third kappa shape index (κ3) is 26.2. The molecule has 340 valence electrons. The van der Waals surface area contributed by atoms with Crippen molar-refractivity contribution < 1.29 is 28.8 Å². The van der Waals surface area contributed by atoms with Gasteiger partial charge in [0.15, 0.2) is 29.8 Å². The molecule has 0 rings (SSSR count).